The van der Waals surface area contributed by atoms with Crippen LogP contribution in [0.2, 0.25) is 0 Å². The molecule has 0 unspecified atom stereocenters. The molecule has 2 amide bonds. The molecule has 1 saturated heterocycles. The topological polar surface area (TPSA) is 87.4 Å². The molecule has 1 N–H and O–H groups in total. The number of hydrogen-bond donors (Lipinski definition) is 1. The molecule has 3 aromatic rings. The number of anilines is 3. The number of pyridine rings is 2. The lowest BCUT2D eigenvalue weighted by molar-refractivity contribution is -0.0912. The first-order valence-corrected chi connectivity index (χ1v) is 12.1. The van der Waals surface area contributed by atoms with E-state index in [1.54, 1.807) is 29.2 Å². The Hall–Kier alpha value is -4.41. The smallest absolute Gasteiger partial charge is 0.412 e. The number of hydrogen-bond acceptors (Lipinski definition) is 6. The van der Waals surface area contributed by atoms with Crippen molar-refractivity contribution < 1.29 is 22.4 Å². The van der Waals surface area contributed by atoms with Gasteiger partial charge in [0.2, 0.25) is 0 Å². The molecule has 1 fully saturated rings. The summed E-state index contributed by atoms with van der Waals surface area (Å²) in [6, 6.07) is 8.07. The Bertz CT molecular complexity index is 1410. The number of piperidine rings is 1. The largest absolute Gasteiger partial charge is 0.442 e. The number of aromatic nitrogens is 3. The van der Waals surface area contributed by atoms with E-state index in [2.05, 4.69) is 26.8 Å². The number of halogens is 3. The predicted molar refractivity (Wildman–Crippen MR) is 139 cm³/mol. The van der Waals surface area contributed by atoms with Gasteiger partial charge in [-0.1, -0.05) is 24.8 Å². The van der Waals surface area contributed by atoms with Gasteiger partial charge in [0.1, 0.15) is 11.5 Å². The highest BCUT2D eigenvalue weighted by atomic mass is 19.4. The van der Waals surface area contributed by atoms with Gasteiger partial charge in [0.25, 0.3) is 0 Å². The number of rotatable bonds is 5. The van der Waals surface area contributed by atoms with Crippen LogP contribution in [-0.2, 0) is 0 Å². The minimum absolute atomic E-state index is 0.132. The molecule has 38 heavy (non-hydrogen) atoms. The number of urea groups is 1. The van der Waals surface area contributed by atoms with Crippen molar-refractivity contribution in [2.75, 3.05) is 28.2 Å². The van der Waals surface area contributed by atoms with E-state index < -0.39 is 17.8 Å². The van der Waals surface area contributed by atoms with Crippen molar-refractivity contribution in [1.29, 1.82) is 0 Å². The van der Waals surface area contributed by atoms with Crippen LogP contribution in [0.4, 0.5) is 35.3 Å². The van der Waals surface area contributed by atoms with Crippen LogP contribution < -0.4 is 15.1 Å². The second-order valence-corrected chi connectivity index (χ2v) is 9.01. The number of oxazole rings is 1. The fourth-order valence-corrected chi connectivity index (χ4v) is 4.63. The van der Waals surface area contributed by atoms with E-state index in [0.717, 1.165) is 44.6 Å². The number of carbonyl (C=O) groups excluding carboxylic acids is 1. The van der Waals surface area contributed by atoms with Crippen LogP contribution in [-0.4, -0.2) is 46.3 Å². The van der Waals surface area contributed by atoms with Crippen LogP contribution in [0.3, 0.4) is 0 Å². The lowest BCUT2D eigenvalue weighted by Crippen LogP contribution is -2.46. The van der Waals surface area contributed by atoms with Crippen molar-refractivity contribution in [3.8, 4) is 11.5 Å². The molecule has 8 nitrogen and oxygen atoms in total. The Morgan fingerprint density at radius 3 is 2.66 bits per heavy atom. The maximum atomic E-state index is 13.7. The third-order valence-electron chi connectivity index (χ3n) is 6.55. The zero-order chi connectivity index (χ0) is 26.9. The number of amides is 2. The molecule has 0 saturated carbocycles. The van der Waals surface area contributed by atoms with E-state index in [1.165, 1.54) is 24.7 Å². The minimum Gasteiger partial charge on any atom is -0.442 e. The molecule has 3 aliphatic rings. The number of carbonyl (C=O) groups is 1. The van der Waals surface area contributed by atoms with Gasteiger partial charge in [-0.15, -0.1) is 0 Å². The second kappa shape index (κ2) is 10.2. The van der Waals surface area contributed by atoms with Crippen LogP contribution in [0, 0.1) is 0 Å². The van der Waals surface area contributed by atoms with Crippen LogP contribution >= 0.6 is 0 Å². The van der Waals surface area contributed by atoms with Crippen LogP contribution in [0.5, 0.6) is 0 Å². The Balaban J connectivity index is 1.52. The number of nitrogens with one attached hydrogen (secondary N) is 1. The summed E-state index contributed by atoms with van der Waals surface area (Å²) in [6.45, 7) is 6.12. The van der Waals surface area contributed by atoms with E-state index >= 15 is 0 Å². The van der Waals surface area contributed by atoms with Crippen molar-refractivity contribution in [2.45, 2.75) is 32.0 Å². The van der Waals surface area contributed by atoms with Gasteiger partial charge in [-0.3, -0.25) is 10.2 Å². The molecule has 3 aliphatic heterocycles. The molecule has 11 heteroatoms. The average Bonchev–Trinajstić information content (AvgIpc) is 3.34. The highest BCUT2D eigenvalue weighted by Gasteiger charge is 2.37. The molecular weight excluding hydrogens is 497 g/mol. The first-order chi connectivity index (χ1) is 18.2. The van der Waals surface area contributed by atoms with E-state index in [1.807, 2.05) is 6.07 Å². The maximum absolute atomic E-state index is 13.7. The Morgan fingerprint density at radius 2 is 1.97 bits per heavy atom. The van der Waals surface area contributed by atoms with Gasteiger partial charge in [0.15, 0.2) is 18.0 Å². The molecule has 3 aromatic heterocycles. The maximum Gasteiger partial charge on any atom is 0.412 e. The van der Waals surface area contributed by atoms with Crippen molar-refractivity contribution in [2.24, 2.45) is 0 Å². The van der Waals surface area contributed by atoms with Crippen molar-refractivity contribution in [1.82, 2.24) is 15.0 Å². The van der Waals surface area contributed by atoms with Gasteiger partial charge < -0.3 is 9.32 Å². The summed E-state index contributed by atoms with van der Waals surface area (Å²) in [4.78, 5) is 30.5. The van der Waals surface area contributed by atoms with E-state index in [0.29, 0.717) is 28.8 Å². The number of alkyl halides is 3. The molecule has 6 rings (SSSR count). The third-order valence-corrected chi connectivity index (χ3v) is 6.55. The van der Waals surface area contributed by atoms with Crippen LogP contribution in [0.15, 0.2) is 77.7 Å². The highest BCUT2D eigenvalue weighted by Crippen LogP contribution is 2.39. The summed E-state index contributed by atoms with van der Waals surface area (Å²) in [5.74, 6) is 1.17. The summed E-state index contributed by atoms with van der Waals surface area (Å²) in [7, 11) is 0. The van der Waals surface area contributed by atoms with E-state index in [-0.39, 0.29) is 11.6 Å². The zero-order valence-electron chi connectivity index (χ0n) is 20.6. The standard InChI is InChI=1S/C27H25F3N6O2/c1-3-5-18(14-17(2)27(28,29)30)20-8-9-22-25(33-20)36(19-10-12-35(22)13-11-19)26(37)34-24-7-4-6-21(32-24)23-15-31-16-38-23/h3-9,14-16,19H,1,10-13H2,2H3,(H,32,34,37)/b17-14+,18-5+. The Morgan fingerprint density at radius 1 is 1.18 bits per heavy atom. The first kappa shape index (κ1) is 25.2. The fourth-order valence-electron chi connectivity index (χ4n) is 4.63. The normalized spacial score (nSPS) is 16.3. The van der Waals surface area contributed by atoms with Crippen molar-refractivity contribution in [3.05, 3.63) is 79.0 Å². The summed E-state index contributed by atoms with van der Waals surface area (Å²) in [5, 5.41) is 2.86. The quantitative estimate of drug-likeness (QED) is 0.400. The van der Waals surface area contributed by atoms with Gasteiger partial charge >= 0.3 is 12.2 Å². The lowest BCUT2D eigenvalue weighted by atomic mass is 10.1. The molecule has 196 valence electrons. The number of nitrogens with zero attached hydrogens (tertiary/aromatic N) is 5. The number of allylic oxidation sites excluding steroid dienone is 5. The van der Waals surface area contributed by atoms with E-state index in [9.17, 15) is 18.0 Å². The van der Waals surface area contributed by atoms with Gasteiger partial charge in [-0.2, -0.15) is 13.2 Å². The Kier molecular flexibility index (Phi) is 6.75. The molecule has 0 aliphatic carbocycles. The average molecular weight is 523 g/mol. The SMILES string of the molecule is C=C/C=C(\C=C(/C)C(F)(F)F)c1ccc2c(n1)N(C(=O)Nc1cccc(-c3cnco3)n1)C1CCN2CC1. The zero-order valence-corrected chi connectivity index (χ0v) is 20.6. The molecule has 0 aromatic carbocycles. The number of fused-ring (bicyclic) bond motifs is 2. The fraction of sp³-hybridized carbons (Fsp3) is 0.259. The highest BCUT2D eigenvalue weighted by molar-refractivity contribution is 6.03. The predicted octanol–water partition coefficient (Wildman–Crippen LogP) is 6.23. The summed E-state index contributed by atoms with van der Waals surface area (Å²) in [5.41, 5.74) is 1.04. The Labute approximate surface area is 217 Å². The molecule has 0 atom stereocenters. The summed E-state index contributed by atoms with van der Waals surface area (Å²) in [6.07, 6.45) is 3.72. The van der Waals surface area contributed by atoms with Crippen LogP contribution in [0.1, 0.15) is 25.5 Å². The van der Waals surface area contributed by atoms with Crippen LogP contribution in [0.25, 0.3) is 17.0 Å². The monoisotopic (exact) mass is 522 g/mol. The molecule has 0 spiro atoms. The molecule has 2 bridgehead atoms. The van der Waals surface area contributed by atoms with Gasteiger partial charge in [-0.25, -0.2) is 19.7 Å². The van der Waals surface area contributed by atoms with Crippen molar-refractivity contribution in [3.63, 3.8) is 0 Å². The minimum atomic E-state index is -4.48. The van der Waals surface area contributed by atoms with Gasteiger partial charge in [0.05, 0.1) is 17.6 Å². The molecular formula is C27H25F3N6O2. The lowest BCUT2D eigenvalue weighted by Gasteiger charge is -2.31. The van der Waals surface area contributed by atoms with Gasteiger partial charge in [-0.05, 0) is 50.1 Å². The van der Waals surface area contributed by atoms with E-state index in [4.69, 9.17) is 9.40 Å². The first-order valence-electron chi connectivity index (χ1n) is 12.1. The second-order valence-electron chi connectivity index (χ2n) is 9.01. The molecule has 6 heterocycles. The summed E-state index contributed by atoms with van der Waals surface area (Å²) >= 11 is 0. The van der Waals surface area contributed by atoms with Gasteiger partial charge in [0, 0.05) is 30.3 Å². The molecule has 0 radical (unpaired) electrons. The van der Waals surface area contributed by atoms with Crippen molar-refractivity contribution >= 4 is 28.9 Å². The summed E-state index contributed by atoms with van der Waals surface area (Å²) < 4.78 is 45.1. The third kappa shape index (κ3) is 5.04.